The van der Waals surface area contributed by atoms with Crippen molar-refractivity contribution in [3.05, 3.63) is 23.9 Å². The third kappa shape index (κ3) is 3.89. The predicted octanol–water partition coefficient (Wildman–Crippen LogP) is 1.39. The number of rotatable bonds is 6. The van der Waals surface area contributed by atoms with Gasteiger partial charge >= 0.3 is 5.97 Å². The lowest BCUT2D eigenvalue weighted by atomic mass is 10.2. The molecule has 0 aliphatic rings. The first-order valence-corrected chi connectivity index (χ1v) is 6.85. The van der Waals surface area contributed by atoms with Crippen molar-refractivity contribution in [3.8, 4) is 0 Å². The normalized spacial score (nSPS) is 13.8. The Morgan fingerprint density at radius 3 is 2.94 bits per heavy atom. The highest BCUT2D eigenvalue weighted by Gasteiger charge is 2.16. The molecule has 0 radical (unpaired) electrons. The molecule has 2 N–H and O–H groups in total. The van der Waals surface area contributed by atoms with Gasteiger partial charge in [-0.05, 0) is 25.3 Å². The standard InChI is InChI=1S/C12H18N2O3S/c1-8(10(7-15)18-3)14-11-6-9(4-5-13-11)12(16)17-2/h4-6,8,10,15H,7H2,1-3H3,(H,13,14). The number of thioether (sulfide) groups is 1. The first-order valence-electron chi connectivity index (χ1n) is 5.57. The molecule has 0 saturated carbocycles. The van der Waals surface area contributed by atoms with E-state index in [1.54, 1.807) is 30.1 Å². The number of pyridine rings is 1. The lowest BCUT2D eigenvalue weighted by molar-refractivity contribution is 0.0600. The Morgan fingerprint density at radius 2 is 2.39 bits per heavy atom. The van der Waals surface area contributed by atoms with Gasteiger partial charge in [0.15, 0.2) is 0 Å². The number of hydrogen-bond acceptors (Lipinski definition) is 6. The molecule has 0 saturated heterocycles. The van der Waals surface area contributed by atoms with Crippen molar-refractivity contribution in [1.82, 2.24) is 4.98 Å². The van der Waals surface area contributed by atoms with Crippen LogP contribution in [-0.4, -0.2) is 47.3 Å². The largest absolute Gasteiger partial charge is 0.465 e. The topological polar surface area (TPSA) is 71.5 Å². The van der Waals surface area contributed by atoms with E-state index in [4.69, 9.17) is 0 Å². The molecule has 0 fully saturated rings. The molecule has 0 aliphatic carbocycles. The summed E-state index contributed by atoms with van der Waals surface area (Å²) in [6.45, 7) is 2.05. The zero-order valence-electron chi connectivity index (χ0n) is 10.7. The minimum atomic E-state index is -0.392. The van der Waals surface area contributed by atoms with Crippen molar-refractivity contribution in [2.24, 2.45) is 0 Å². The number of hydrogen-bond donors (Lipinski definition) is 2. The first-order chi connectivity index (χ1) is 8.62. The summed E-state index contributed by atoms with van der Waals surface area (Å²) in [5.74, 6) is 0.203. The second-order valence-electron chi connectivity index (χ2n) is 3.81. The van der Waals surface area contributed by atoms with Gasteiger partial charge in [0, 0.05) is 17.5 Å². The van der Waals surface area contributed by atoms with Crippen molar-refractivity contribution >= 4 is 23.5 Å². The number of methoxy groups -OCH3 is 1. The van der Waals surface area contributed by atoms with E-state index in [1.165, 1.54) is 7.11 Å². The van der Waals surface area contributed by atoms with Gasteiger partial charge in [-0.2, -0.15) is 11.8 Å². The maximum atomic E-state index is 11.4. The molecule has 5 nitrogen and oxygen atoms in total. The number of aromatic nitrogens is 1. The van der Waals surface area contributed by atoms with Gasteiger partial charge < -0.3 is 15.2 Å². The molecular formula is C12H18N2O3S. The van der Waals surface area contributed by atoms with Gasteiger partial charge in [-0.15, -0.1) is 0 Å². The van der Waals surface area contributed by atoms with Crippen LogP contribution in [0.25, 0.3) is 0 Å². The van der Waals surface area contributed by atoms with Crippen LogP contribution in [0, 0.1) is 0 Å². The van der Waals surface area contributed by atoms with Gasteiger partial charge in [0.1, 0.15) is 5.82 Å². The Bertz CT molecular complexity index is 397. The van der Waals surface area contributed by atoms with E-state index < -0.39 is 5.97 Å². The van der Waals surface area contributed by atoms with Crippen molar-refractivity contribution in [2.45, 2.75) is 18.2 Å². The van der Waals surface area contributed by atoms with Crippen molar-refractivity contribution in [2.75, 3.05) is 25.3 Å². The number of esters is 1. The number of anilines is 1. The van der Waals surface area contributed by atoms with Gasteiger partial charge in [0.2, 0.25) is 0 Å². The predicted molar refractivity (Wildman–Crippen MR) is 73.1 cm³/mol. The summed E-state index contributed by atoms with van der Waals surface area (Å²) in [6.07, 6.45) is 3.49. The molecule has 6 heteroatoms. The second kappa shape index (κ2) is 7.23. The highest BCUT2D eigenvalue weighted by atomic mass is 32.2. The molecule has 1 aromatic heterocycles. The molecule has 18 heavy (non-hydrogen) atoms. The second-order valence-corrected chi connectivity index (χ2v) is 4.89. The number of aliphatic hydroxyl groups is 1. The van der Waals surface area contributed by atoms with Crippen LogP contribution in [-0.2, 0) is 4.74 Å². The molecular weight excluding hydrogens is 252 g/mol. The number of nitrogens with one attached hydrogen (secondary N) is 1. The summed E-state index contributed by atoms with van der Waals surface area (Å²) < 4.78 is 4.65. The highest BCUT2D eigenvalue weighted by Crippen LogP contribution is 2.15. The molecule has 1 aromatic rings. The molecule has 2 unspecified atom stereocenters. The zero-order valence-corrected chi connectivity index (χ0v) is 11.5. The SMILES string of the molecule is COC(=O)c1ccnc(NC(C)C(CO)SC)c1. The summed E-state index contributed by atoms with van der Waals surface area (Å²) in [5.41, 5.74) is 0.451. The fourth-order valence-electron chi connectivity index (χ4n) is 1.52. The fraction of sp³-hybridized carbons (Fsp3) is 0.500. The number of aliphatic hydroxyl groups excluding tert-OH is 1. The summed E-state index contributed by atoms with van der Waals surface area (Å²) >= 11 is 1.58. The quantitative estimate of drug-likeness (QED) is 0.761. The van der Waals surface area contributed by atoms with Crippen LogP contribution in [0.3, 0.4) is 0 Å². The first kappa shape index (κ1) is 14.8. The lowest BCUT2D eigenvalue weighted by Crippen LogP contribution is -2.31. The average Bonchev–Trinajstić information content (AvgIpc) is 2.39. The lowest BCUT2D eigenvalue weighted by Gasteiger charge is -2.21. The molecule has 0 aromatic carbocycles. The number of nitrogens with zero attached hydrogens (tertiary/aromatic N) is 1. The van der Waals surface area contributed by atoms with Gasteiger partial charge in [0.25, 0.3) is 0 Å². The fourth-order valence-corrected chi connectivity index (χ4v) is 2.14. The van der Waals surface area contributed by atoms with Gasteiger partial charge in [-0.25, -0.2) is 9.78 Å². The molecule has 0 spiro atoms. The van der Waals surface area contributed by atoms with E-state index >= 15 is 0 Å². The Hall–Kier alpha value is -1.27. The number of carbonyl (C=O) groups is 1. The monoisotopic (exact) mass is 270 g/mol. The van der Waals surface area contributed by atoms with E-state index in [0.29, 0.717) is 11.4 Å². The van der Waals surface area contributed by atoms with E-state index in [-0.39, 0.29) is 17.9 Å². The van der Waals surface area contributed by atoms with Gasteiger partial charge in [-0.1, -0.05) is 0 Å². The molecule has 0 amide bonds. The van der Waals surface area contributed by atoms with Crippen LogP contribution in [0.4, 0.5) is 5.82 Å². The summed E-state index contributed by atoms with van der Waals surface area (Å²) in [4.78, 5) is 15.5. The van der Waals surface area contributed by atoms with E-state index in [1.807, 2.05) is 13.2 Å². The number of ether oxygens (including phenoxy) is 1. The van der Waals surface area contributed by atoms with Gasteiger partial charge in [-0.3, -0.25) is 0 Å². The average molecular weight is 270 g/mol. The molecule has 100 valence electrons. The Morgan fingerprint density at radius 1 is 1.67 bits per heavy atom. The van der Waals surface area contributed by atoms with Crippen molar-refractivity contribution in [1.29, 1.82) is 0 Å². The Balaban J connectivity index is 2.75. The van der Waals surface area contributed by atoms with Crippen LogP contribution in [0.2, 0.25) is 0 Å². The van der Waals surface area contributed by atoms with Crippen LogP contribution in [0.5, 0.6) is 0 Å². The van der Waals surface area contributed by atoms with Crippen molar-refractivity contribution < 1.29 is 14.6 Å². The maximum Gasteiger partial charge on any atom is 0.338 e. The Labute approximate surface area is 111 Å². The van der Waals surface area contributed by atoms with E-state index in [9.17, 15) is 9.90 Å². The molecule has 1 heterocycles. The minimum Gasteiger partial charge on any atom is -0.465 e. The van der Waals surface area contributed by atoms with Gasteiger partial charge in [0.05, 0.1) is 19.3 Å². The van der Waals surface area contributed by atoms with Crippen LogP contribution >= 0.6 is 11.8 Å². The van der Waals surface area contributed by atoms with Crippen LogP contribution < -0.4 is 5.32 Å². The summed E-state index contributed by atoms with van der Waals surface area (Å²) in [5, 5.41) is 12.4. The molecule has 1 rings (SSSR count). The van der Waals surface area contributed by atoms with Crippen LogP contribution in [0.1, 0.15) is 17.3 Å². The zero-order chi connectivity index (χ0) is 13.5. The maximum absolute atomic E-state index is 11.4. The number of carbonyl (C=O) groups excluding carboxylic acids is 1. The smallest absolute Gasteiger partial charge is 0.338 e. The third-order valence-electron chi connectivity index (χ3n) is 2.60. The van der Waals surface area contributed by atoms with Crippen LogP contribution in [0.15, 0.2) is 18.3 Å². The van der Waals surface area contributed by atoms with E-state index in [2.05, 4.69) is 15.0 Å². The molecule has 0 bridgehead atoms. The van der Waals surface area contributed by atoms with Crippen molar-refractivity contribution in [3.63, 3.8) is 0 Å². The third-order valence-corrected chi connectivity index (χ3v) is 3.76. The summed E-state index contributed by atoms with van der Waals surface area (Å²) in [7, 11) is 1.34. The Kier molecular flexibility index (Phi) is 5.94. The molecule has 0 aliphatic heterocycles. The summed E-state index contributed by atoms with van der Waals surface area (Å²) in [6, 6.07) is 3.28. The highest BCUT2D eigenvalue weighted by molar-refractivity contribution is 7.99. The molecule has 2 atom stereocenters. The minimum absolute atomic E-state index is 0.0467. The van der Waals surface area contributed by atoms with E-state index in [0.717, 1.165) is 0 Å².